The minimum Gasteiger partial charge on any atom is -0.368 e. The quantitative estimate of drug-likeness (QED) is 0.397. The zero-order valence-corrected chi connectivity index (χ0v) is 17.1. The Morgan fingerprint density at radius 3 is 2.52 bits per heavy atom. The van der Waals surface area contributed by atoms with E-state index in [0.717, 1.165) is 51.6 Å². The van der Waals surface area contributed by atoms with E-state index in [1.54, 1.807) is 13.2 Å². The molecule has 2 heterocycles. The van der Waals surface area contributed by atoms with Gasteiger partial charge < -0.3 is 20.4 Å². The van der Waals surface area contributed by atoms with Crippen molar-refractivity contribution >= 4 is 17.6 Å². The summed E-state index contributed by atoms with van der Waals surface area (Å²) in [6.45, 7) is 5.55. The lowest BCUT2D eigenvalue weighted by molar-refractivity contribution is -0.131. The van der Waals surface area contributed by atoms with Gasteiger partial charge in [0.2, 0.25) is 5.91 Å². The largest absolute Gasteiger partial charge is 0.368 e. The molecule has 1 aromatic carbocycles. The van der Waals surface area contributed by atoms with Crippen LogP contribution in [0.5, 0.6) is 0 Å². The number of hydrogen-bond donors (Lipinski definition) is 2. The molecule has 1 amide bonds. The Labute approximate surface area is 172 Å². The topological polar surface area (TPSA) is 77.8 Å². The summed E-state index contributed by atoms with van der Waals surface area (Å²) in [5.41, 5.74) is 1.23. The third-order valence-corrected chi connectivity index (χ3v) is 5.02. The number of carbonyl (C=O) groups is 1. The van der Waals surface area contributed by atoms with Crippen LogP contribution in [0.15, 0.2) is 53.8 Å². The molecule has 2 N–H and O–H groups in total. The van der Waals surface area contributed by atoms with Gasteiger partial charge in [-0.15, -0.1) is 0 Å². The predicted molar refractivity (Wildman–Crippen MR) is 116 cm³/mol. The molecule has 0 aliphatic carbocycles. The van der Waals surface area contributed by atoms with E-state index in [0.29, 0.717) is 13.0 Å². The summed E-state index contributed by atoms with van der Waals surface area (Å²) in [5, 5.41) is 10.7. The fourth-order valence-electron chi connectivity index (χ4n) is 3.40. The van der Waals surface area contributed by atoms with Gasteiger partial charge in [-0.05, 0) is 24.6 Å². The Bertz CT molecular complexity index is 753. The molecule has 8 heteroatoms. The second kappa shape index (κ2) is 11.1. The van der Waals surface area contributed by atoms with Crippen LogP contribution in [0.1, 0.15) is 12.8 Å². The van der Waals surface area contributed by atoms with Gasteiger partial charge in [-0.3, -0.25) is 14.5 Å². The zero-order chi connectivity index (χ0) is 20.3. The van der Waals surface area contributed by atoms with Crippen LogP contribution >= 0.6 is 0 Å². The number of nitrogens with one attached hydrogen (secondary N) is 2. The maximum absolute atomic E-state index is 12.5. The van der Waals surface area contributed by atoms with Crippen molar-refractivity contribution in [2.24, 2.45) is 4.99 Å². The Morgan fingerprint density at radius 1 is 1.07 bits per heavy atom. The molecule has 1 fully saturated rings. The van der Waals surface area contributed by atoms with Crippen molar-refractivity contribution in [2.75, 3.05) is 51.2 Å². The van der Waals surface area contributed by atoms with E-state index in [-0.39, 0.29) is 5.91 Å². The number of benzene rings is 1. The van der Waals surface area contributed by atoms with Gasteiger partial charge in [0, 0.05) is 77.4 Å². The molecule has 0 saturated carbocycles. The number of anilines is 1. The first kappa shape index (κ1) is 20.7. The first-order valence-corrected chi connectivity index (χ1v) is 10.3. The average Bonchev–Trinajstić information content (AvgIpc) is 3.29. The first-order chi connectivity index (χ1) is 14.3. The summed E-state index contributed by atoms with van der Waals surface area (Å²) in [6, 6.07) is 12.3. The maximum atomic E-state index is 12.5. The van der Waals surface area contributed by atoms with Crippen LogP contribution < -0.4 is 15.5 Å². The number of rotatable bonds is 8. The van der Waals surface area contributed by atoms with Gasteiger partial charge in [-0.1, -0.05) is 18.2 Å². The summed E-state index contributed by atoms with van der Waals surface area (Å²) >= 11 is 0. The number of aliphatic imine (C=N–C) groups is 1. The molecule has 1 aliphatic rings. The molecule has 156 valence electrons. The van der Waals surface area contributed by atoms with Crippen LogP contribution in [-0.2, 0) is 11.3 Å². The zero-order valence-electron chi connectivity index (χ0n) is 17.1. The summed E-state index contributed by atoms with van der Waals surface area (Å²) in [5.74, 6) is 0.923. The van der Waals surface area contributed by atoms with Crippen LogP contribution in [0.25, 0.3) is 0 Å². The molecule has 3 rings (SSSR count). The minimum atomic E-state index is 0.194. The lowest BCUT2D eigenvalue weighted by Gasteiger charge is -2.36. The van der Waals surface area contributed by atoms with Crippen molar-refractivity contribution in [3.8, 4) is 0 Å². The highest BCUT2D eigenvalue weighted by Crippen LogP contribution is 2.15. The molecule has 8 nitrogen and oxygen atoms in total. The van der Waals surface area contributed by atoms with E-state index in [1.165, 1.54) is 5.69 Å². The molecule has 29 heavy (non-hydrogen) atoms. The number of hydrogen-bond acceptors (Lipinski definition) is 4. The van der Waals surface area contributed by atoms with Crippen molar-refractivity contribution in [3.05, 3.63) is 48.8 Å². The first-order valence-electron chi connectivity index (χ1n) is 10.3. The second-order valence-electron chi connectivity index (χ2n) is 7.00. The molecule has 2 aromatic rings. The number of piperazine rings is 1. The lowest BCUT2D eigenvalue weighted by Crippen LogP contribution is -2.49. The number of guanidine groups is 1. The number of para-hydroxylation sites is 1. The summed E-state index contributed by atoms with van der Waals surface area (Å²) in [4.78, 5) is 21.0. The van der Waals surface area contributed by atoms with Gasteiger partial charge in [-0.25, -0.2) is 0 Å². The van der Waals surface area contributed by atoms with E-state index in [4.69, 9.17) is 0 Å². The Hall–Kier alpha value is -3.03. The van der Waals surface area contributed by atoms with Gasteiger partial charge in [0.15, 0.2) is 5.96 Å². The molecule has 0 spiro atoms. The normalized spacial score (nSPS) is 14.7. The number of amides is 1. The van der Waals surface area contributed by atoms with Crippen molar-refractivity contribution in [2.45, 2.75) is 19.4 Å². The lowest BCUT2D eigenvalue weighted by atomic mass is 10.2. The van der Waals surface area contributed by atoms with Gasteiger partial charge in [0.25, 0.3) is 0 Å². The van der Waals surface area contributed by atoms with Gasteiger partial charge >= 0.3 is 0 Å². The van der Waals surface area contributed by atoms with Crippen LogP contribution in [0.4, 0.5) is 5.69 Å². The van der Waals surface area contributed by atoms with Crippen LogP contribution in [0.2, 0.25) is 0 Å². The molecule has 0 bridgehead atoms. The molecule has 1 aliphatic heterocycles. The second-order valence-corrected chi connectivity index (χ2v) is 7.00. The fourth-order valence-corrected chi connectivity index (χ4v) is 3.40. The molecule has 1 saturated heterocycles. The summed E-state index contributed by atoms with van der Waals surface area (Å²) < 4.78 is 1.91. The minimum absolute atomic E-state index is 0.194. The predicted octanol–water partition coefficient (Wildman–Crippen LogP) is 1.18. The van der Waals surface area contributed by atoms with Crippen LogP contribution in [-0.4, -0.2) is 72.9 Å². The monoisotopic (exact) mass is 397 g/mol. The molecular formula is C21H31N7O. The van der Waals surface area contributed by atoms with E-state index >= 15 is 0 Å². The number of aryl methyl sites for hydroxylation is 1. The Balaban J connectivity index is 1.29. The smallest absolute Gasteiger partial charge is 0.224 e. The summed E-state index contributed by atoms with van der Waals surface area (Å²) in [7, 11) is 1.74. The number of nitrogens with zero attached hydrogens (tertiary/aromatic N) is 5. The van der Waals surface area contributed by atoms with Crippen molar-refractivity contribution < 1.29 is 4.79 Å². The van der Waals surface area contributed by atoms with E-state index in [2.05, 4.69) is 49.9 Å². The molecule has 0 radical (unpaired) electrons. The van der Waals surface area contributed by atoms with Crippen molar-refractivity contribution in [3.63, 3.8) is 0 Å². The van der Waals surface area contributed by atoms with Crippen molar-refractivity contribution in [1.82, 2.24) is 25.3 Å². The highest BCUT2D eigenvalue weighted by Gasteiger charge is 2.20. The van der Waals surface area contributed by atoms with Gasteiger partial charge in [0.05, 0.1) is 0 Å². The molecule has 0 unspecified atom stereocenters. The van der Waals surface area contributed by atoms with Crippen molar-refractivity contribution in [1.29, 1.82) is 0 Å². The Kier molecular flexibility index (Phi) is 7.91. The SMILES string of the molecule is CN=C(NCCCn1cccn1)NCCC(=O)N1CCN(c2ccccc2)CC1. The standard InChI is InChI=1S/C21H31N7O/c1-22-21(23-10-5-13-28-14-6-11-25-28)24-12-9-20(29)27-17-15-26(16-18-27)19-7-3-2-4-8-19/h2-4,6-8,11,14H,5,9-10,12-13,15-18H2,1H3,(H2,22,23,24). The third kappa shape index (κ3) is 6.51. The van der Waals surface area contributed by atoms with E-state index in [9.17, 15) is 4.79 Å². The van der Waals surface area contributed by atoms with Gasteiger partial charge in [0.1, 0.15) is 0 Å². The molecule has 1 aromatic heterocycles. The Morgan fingerprint density at radius 2 is 1.83 bits per heavy atom. The van der Waals surface area contributed by atoms with E-state index < -0.39 is 0 Å². The molecular weight excluding hydrogens is 366 g/mol. The van der Waals surface area contributed by atoms with Crippen LogP contribution in [0, 0.1) is 0 Å². The third-order valence-electron chi connectivity index (χ3n) is 5.02. The highest BCUT2D eigenvalue weighted by atomic mass is 16.2. The highest BCUT2D eigenvalue weighted by molar-refractivity contribution is 5.81. The summed E-state index contributed by atoms with van der Waals surface area (Å²) in [6.07, 6.45) is 5.16. The number of carbonyl (C=O) groups excluding carboxylic acids is 1. The fraction of sp³-hybridized carbons (Fsp3) is 0.476. The van der Waals surface area contributed by atoms with Gasteiger partial charge in [-0.2, -0.15) is 5.10 Å². The van der Waals surface area contributed by atoms with E-state index in [1.807, 2.05) is 27.9 Å². The molecule has 0 atom stereocenters. The average molecular weight is 398 g/mol. The number of aromatic nitrogens is 2. The van der Waals surface area contributed by atoms with Crippen LogP contribution in [0.3, 0.4) is 0 Å². The maximum Gasteiger partial charge on any atom is 0.224 e.